The minimum atomic E-state index is -3.00. The summed E-state index contributed by atoms with van der Waals surface area (Å²) in [5.74, 6) is 1.19. The van der Waals surface area contributed by atoms with Crippen molar-refractivity contribution in [3.63, 3.8) is 0 Å². The van der Waals surface area contributed by atoms with Crippen LogP contribution in [0.1, 0.15) is 52.4 Å². The van der Waals surface area contributed by atoms with E-state index in [1.165, 1.54) is 12.8 Å². The molecule has 1 N–H and O–H groups in total. The van der Waals surface area contributed by atoms with E-state index in [4.69, 9.17) is 0 Å². The topological polar surface area (TPSA) is 49.4 Å². The lowest BCUT2D eigenvalue weighted by Crippen LogP contribution is -2.48. The van der Waals surface area contributed by atoms with Crippen LogP contribution in [0.3, 0.4) is 0 Å². The van der Waals surface area contributed by atoms with Gasteiger partial charge in [-0.1, -0.05) is 13.3 Å². The molecule has 0 amide bonds. The first-order valence-corrected chi connectivity index (χ1v) is 9.37. The molecule has 0 aromatic carbocycles. The Labute approximate surface area is 118 Å². The predicted molar refractivity (Wildman–Crippen MR) is 78.6 cm³/mol. The Hall–Kier alpha value is -0.130. The molecule has 1 atom stereocenters. The highest BCUT2D eigenvalue weighted by Crippen LogP contribution is 2.33. The van der Waals surface area contributed by atoms with Crippen LogP contribution in [0.2, 0.25) is 0 Å². The van der Waals surface area contributed by atoms with Crippen molar-refractivity contribution in [3.8, 4) is 0 Å². The largest absolute Gasteiger partial charge is 0.311 e. The summed E-state index contributed by atoms with van der Waals surface area (Å²) < 4.78 is 25.9. The van der Waals surface area contributed by atoms with Gasteiger partial charge >= 0.3 is 0 Å². The maximum atomic E-state index is 12.1. The molecule has 112 valence electrons. The van der Waals surface area contributed by atoms with E-state index in [-0.39, 0.29) is 0 Å². The lowest BCUT2D eigenvalue weighted by Gasteiger charge is -2.33. The molecule has 0 spiro atoms. The second-order valence-electron chi connectivity index (χ2n) is 6.14. The molecule has 19 heavy (non-hydrogen) atoms. The van der Waals surface area contributed by atoms with E-state index >= 15 is 0 Å². The zero-order chi connectivity index (χ0) is 13.9. The van der Waals surface area contributed by atoms with Gasteiger partial charge in [0.05, 0.1) is 5.75 Å². The molecule has 2 fully saturated rings. The third kappa shape index (κ3) is 4.43. The van der Waals surface area contributed by atoms with Gasteiger partial charge in [-0.15, -0.1) is 0 Å². The fourth-order valence-electron chi connectivity index (χ4n) is 2.86. The van der Waals surface area contributed by atoms with E-state index < -0.39 is 10.0 Å². The third-order valence-electron chi connectivity index (χ3n) is 4.43. The SMILES string of the molecule is CCCCS(=O)(=O)N1CCC(NC(C)C2CC2)CC1. The zero-order valence-electron chi connectivity index (χ0n) is 12.3. The Balaban J connectivity index is 1.75. The Morgan fingerprint density at radius 2 is 1.84 bits per heavy atom. The summed E-state index contributed by atoms with van der Waals surface area (Å²) in [7, 11) is -3.00. The van der Waals surface area contributed by atoms with Crippen LogP contribution < -0.4 is 5.32 Å². The summed E-state index contributed by atoms with van der Waals surface area (Å²) in [5.41, 5.74) is 0. The van der Waals surface area contributed by atoms with Crippen molar-refractivity contribution in [3.05, 3.63) is 0 Å². The summed E-state index contributed by atoms with van der Waals surface area (Å²) in [6.07, 6.45) is 6.36. The highest BCUT2D eigenvalue weighted by Gasteiger charge is 2.32. The molecule has 1 aliphatic carbocycles. The van der Waals surface area contributed by atoms with Crippen LogP contribution in [-0.2, 0) is 10.0 Å². The maximum absolute atomic E-state index is 12.1. The van der Waals surface area contributed by atoms with Gasteiger partial charge < -0.3 is 5.32 Å². The number of hydrogen-bond donors (Lipinski definition) is 1. The van der Waals surface area contributed by atoms with E-state index in [0.29, 0.717) is 30.9 Å². The molecule has 1 aliphatic heterocycles. The minimum Gasteiger partial charge on any atom is -0.311 e. The fourth-order valence-corrected chi connectivity index (χ4v) is 4.54. The summed E-state index contributed by atoms with van der Waals surface area (Å²) in [6, 6.07) is 1.11. The number of unbranched alkanes of at least 4 members (excludes halogenated alkanes) is 1. The number of nitrogens with zero attached hydrogens (tertiary/aromatic N) is 1. The van der Waals surface area contributed by atoms with Crippen molar-refractivity contribution in [1.82, 2.24) is 9.62 Å². The molecule has 2 aliphatic rings. The third-order valence-corrected chi connectivity index (χ3v) is 6.39. The predicted octanol–water partition coefficient (Wildman–Crippen LogP) is 1.97. The number of piperidine rings is 1. The molecule has 2 rings (SSSR count). The molecule has 1 heterocycles. The van der Waals surface area contributed by atoms with Crippen LogP contribution >= 0.6 is 0 Å². The lowest BCUT2D eigenvalue weighted by molar-refractivity contribution is 0.270. The zero-order valence-corrected chi connectivity index (χ0v) is 13.1. The van der Waals surface area contributed by atoms with Crippen LogP contribution in [0, 0.1) is 5.92 Å². The van der Waals surface area contributed by atoms with Gasteiger partial charge in [-0.25, -0.2) is 12.7 Å². The smallest absolute Gasteiger partial charge is 0.214 e. The van der Waals surface area contributed by atoms with Gasteiger partial charge in [0.2, 0.25) is 10.0 Å². The van der Waals surface area contributed by atoms with Crippen molar-refractivity contribution in [2.75, 3.05) is 18.8 Å². The average Bonchev–Trinajstić information content (AvgIpc) is 3.21. The number of hydrogen-bond acceptors (Lipinski definition) is 3. The van der Waals surface area contributed by atoms with Gasteiger partial charge in [0.1, 0.15) is 0 Å². The van der Waals surface area contributed by atoms with E-state index in [0.717, 1.165) is 31.6 Å². The minimum absolute atomic E-state index is 0.320. The normalized spacial score (nSPS) is 24.5. The van der Waals surface area contributed by atoms with Crippen LogP contribution in [-0.4, -0.2) is 43.6 Å². The number of rotatable bonds is 7. The summed E-state index contributed by atoms with van der Waals surface area (Å²) >= 11 is 0. The molecule has 0 aromatic rings. The van der Waals surface area contributed by atoms with Crippen molar-refractivity contribution in [2.45, 2.75) is 64.5 Å². The first-order valence-electron chi connectivity index (χ1n) is 7.77. The van der Waals surface area contributed by atoms with Gasteiger partial charge in [-0.05, 0) is 44.9 Å². The Morgan fingerprint density at radius 3 is 2.37 bits per heavy atom. The maximum Gasteiger partial charge on any atom is 0.214 e. The molecule has 0 aromatic heterocycles. The summed E-state index contributed by atoms with van der Waals surface area (Å²) in [5, 5.41) is 3.67. The lowest BCUT2D eigenvalue weighted by atomic mass is 10.0. The quantitative estimate of drug-likeness (QED) is 0.779. The van der Waals surface area contributed by atoms with Gasteiger partial charge in [-0.2, -0.15) is 0 Å². The Bertz CT molecular complexity index is 371. The second kappa shape index (κ2) is 6.55. The number of sulfonamides is 1. The Morgan fingerprint density at radius 1 is 1.21 bits per heavy atom. The van der Waals surface area contributed by atoms with Crippen molar-refractivity contribution in [1.29, 1.82) is 0 Å². The summed E-state index contributed by atoms with van der Waals surface area (Å²) in [4.78, 5) is 0. The van der Waals surface area contributed by atoms with E-state index in [2.05, 4.69) is 12.2 Å². The van der Waals surface area contributed by atoms with Crippen LogP contribution in [0.5, 0.6) is 0 Å². The number of nitrogens with one attached hydrogen (secondary N) is 1. The molecule has 1 saturated heterocycles. The molecule has 4 nitrogen and oxygen atoms in total. The van der Waals surface area contributed by atoms with Gasteiger partial charge in [0.25, 0.3) is 0 Å². The van der Waals surface area contributed by atoms with Crippen molar-refractivity contribution < 1.29 is 8.42 Å². The highest BCUT2D eigenvalue weighted by molar-refractivity contribution is 7.89. The molecule has 0 radical (unpaired) electrons. The Kier molecular flexibility index (Phi) is 5.26. The van der Waals surface area contributed by atoms with E-state index in [1.54, 1.807) is 4.31 Å². The average molecular weight is 288 g/mol. The van der Waals surface area contributed by atoms with Crippen molar-refractivity contribution >= 4 is 10.0 Å². The van der Waals surface area contributed by atoms with E-state index in [1.807, 2.05) is 6.92 Å². The van der Waals surface area contributed by atoms with Gasteiger partial charge in [-0.3, -0.25) is 0 Å². The molecule has 0 bridgehead atoms. The monoisotopic (exact) mass is 288 g/mol. The van der Waals surface area contributed by atoms with Gasteiger partial charge in [0.15, 0.2) is 0 Å². The molecule has 1 saturated carbocycles. The molecule has 1 unspecified atom stereocenters. The molecular weight excluding hydrogens is 260 g/mol. The first kappa shape index (κ1) is 15.3. The van der Waals surface area contributed by atoms with Crippen molar-refractivity contribution in [2.24, 2.45) is 5.92 Å². The second-order valence-corrected chi connectivity index (χ2v) is 8.22. The highest BCUT2D eigenvalue weighted by atomic mass is 32.2. The van der Waals surface area contributed by atoms with Gasteiger partial charge in [0, 0.05) is 25.2 Å². The van der Waals surface area contributed by atoms with Crippen LogP contribution in [0.15, 0.2) is 0 Å². The molecular formula is C14H28N2O2S. The fraction of sp³-hybridized carbons (Fsp3) is 1.00. The standard InChI is InChI=1S/C14H28N2O2S/c1-3-4-11-19(17,18)16-9-7-14(8-10-16)15-12(2)13-5-6-13/h12-15H,3-11H2,1-2H3. The molecule has 5 heteroatoms. The first-order chi connectivity index (χ1) is 9.03. The van der Waals surface area contributed by atoms with Crippen LogP contribution in [0.4, 0.5) is 0 Å². The summed E-state index contributed by atoms with van der Waals surface area (Å²) in [6.45, 7) is 5.69. The van der Waals surface area contributed by atoms with Crippen LogP contribution in [0.25, 0.3) is 0 Å². The van der Waals surface area contributed by atoms with E-state index in [9.17, 15) is 8.42 Å².